The van der Waals surface area contributed by atoms with Crippen LogP contribution in [0, 0.1) is 0 Å². The molecule has 0 bridgehead atoms. The van der Waals surface area contributed by atoms with Crippen molar-refractivity contribution >= 4 is 11.8 Å². The third kappa shape index (κ3) is 3.53. The second-order valence-electron chi connectivity index (χ2n) is 6.03. The summed E-state index contributed by atoms with van der Waals surface area (Å²) in [5.41, 5.74) is 4.96. The van der Waals surface area contributed by atoms with Crippen molar-refractivity contribution in [3.63, 3.8) is 0 Å². The molecule has 2 nitrogen and oxygen atoms in total. The monoisotopic (exact) mass is 312 g/mol. The van der Waals surface area contributed by atoms with E-state index in [9.17, 15) is 0 Å². The van der Waals surface area contributed by atoms with Gasteiger partial charge in [0.15, 0.2) is 0 Å². The highest BCUT2D eigenvalue weighted by molar-refractivity contribution is 7.97. The van der Waals surface area contributed by atoms with E-state index in [1.54, 1.807) is 0 Å². The Morgan fingerprint density at radius 2 is 1.82 bits per heavy atom. The molecule has 116 valence electrons. The van der Waals surface area contributed by atoms with Crippen molar-refractivity contribution in [2.45, 2.75) is 31.6 Å². The zero-order chi connectivity index (χ0) is 15.4. The van der Waals surface area contributed by atoms with Gasteiger partial charge in [-0.25, -0.2) is 0 Å². The second-order valence-corrected chi connectivity index (χ2v) is 6.89. The average molecular weight is 312 g/mol. The molecular formula is C19H24N2S. The van der Waals surface area contributed by atoms with Crippen LogP contribution in [-0.2, 0) is 5.75 Å². The van der Waals surface area contributed by atoms with Crippen LogP contribution in [0.3, 0.4) is 0 Å². The van der Waals surface area contributed by atoms with E-state index >= 15 is 0 Å². The fraction of sp³-hybridized carbons (Fsp3) is 0.421. The molecule has 1 saturated heterocycles. The molecule has 0 spiro atoms. The normalized spacial score (nSPS) is 16.8. The van der Waals surface area contributed by atoms with Crippen LogP contribution in [0.5, 0.6) is 0 Å². The number of aromatic nitrogens is 1. The molecular weight excluding hydrogens is 288 g/mol. The number of likely N-dealkylation sites (tertiary alicyclic amines) is 1. The molecule has 3 heteroatoms. The SMILES string of the molecule is CSCc1ccc(-c2ccc(C(C)N3CCCC3)cc2)nc1. The van der Waals surface area contributed by atoms with Crippen molar-refractivity contribution < 1.29 is 0 Å². The van der Waals surface area contributed by atoms with Gasteiger partial charge in [-0.3, -0.25) is 9.88 Å². The Bertz CT molecular complexity index is 586. The molecule has 1 aliphatic rings. The summed E-state index contributed by atoms with van der Waals surface area (Å²) in [6, 6.07) is 13.8. The molecule has 0 saturated carbocycles. The van der Waals surface area contributed by atoms with E-state index in [-0.39, 0.29) is 0 Å². The summed E-state index contributed by atoms with van der Waals surface area (Å²) >= 11 is 1.83. The summed E-state index contributed by atoms with van der Waals surface area (Å²) < 4.78 is 0. The fourth-order valence-corrected chi connectivity index (χ4v) is 3.62. The van der Waals surface area contributed by atoms with Crippen LogP contribution in [0.15, 0.2) is 42.6 Å². The average Bonchev–Trinajstić information content (AvgIpc) is 3.10. The van der Waals surface area contributed by atoms with Gasteiger partial charge in [-0.1, -0.05) is 30.3 Å². The van der Waals surface area contributed by atoms with E-state index in [1.165, 1.54) is 42.6 Å². The predicted octanol–water partition coefficient (Wildman–Crippen LogP) is 4.77. The molecule has 1 aromatic heterocycles. The van der Waals surface area contributed by atoms with E-state index in [0.717, 1.165) is 11.4 Å². The molecule has 1 unspecified atom stereocenters. The molecule has 0 radical (unpaired) electrons. The first kappa shape index (κ1) is 15.6. The Labute approximate surface area is 138 Å². The summed E-state index contributed by atoms with van der Waals surface area (Å²) in [5.74, 6) is 1.03. The highest BCUT2D eigenvalue weighted by atomic mass is 32.2. The van der Waals surface area contributed by atoms with E-state index < -0.39 is 0 Å². The first-order valence-electron chi connectivity index (χ1n) is 8.06. The zero-order valence-electron chi connectivity index (χ0n) is 13.5. The van der Waals surface area contributed by atoms with Gasteiger partial charge < -0.3 is 0 Å². The highest BCUT2D eigenvalue weighted by Gasteiger charge is 2.19. The Hall–Kier alpha value is -1.32. The Morgan fingerprint density at radius 1 is 1.09 bits per heavy atom. The van der Waals surface area contributed by atoms with Crippen molar-refractivity contribution in [1.29, 1.82) is 0 Å². The van der Waals surface area contributed by atoms with Crippen molar-refractivity contribution in [3.8, 4) is 11.3 Å². The molecule has 1 aromatic carbocycles. The number of thioether (sulfide) groups is 1. The van der Waals surface area contributed by atoms with E-state index in [4.69, 9.17) is 0 Å². The zero-order valence-corrected chi connectivity index (χ0v) is 14.3. The van der Waals surface area contributed by atoms with Crippen LogP contribution >= 0.6 is 11.8 Å². The van der Waals surface area contributed by atoms with Crippen molar-refractivity contribution in [3.05, 3.63) is 53.7 Å². The predicted molar refractivity (Wildman–Crippen MR) is 96.1 cm³/mol. The summed E-state index contributed by atoms with van der Waals surface area (Å²) in [6.07, 6.45) is 6.80. The van der Waals surface area contributed by atoms with Gasteiger partial charge in [0.05, 0.1) is 5.69 Å². The van der Waals surface area contributed by atoms with Crippen LogP contribution in [-0.4, -0.2) is 29.2 Å². The maximum Gasteiger partial charge on any atom is 0.0702 e. The largest absolute Gasteiger partial charge is 0.297 e. The number of pyridine rings is 1. The highest BCUT2D eigenvalue weighted by Crippen LogP contribution is 2.26. The number of hydrogen-bond donors (Lipinski definition) is 0. The van der Waals surface area contributed by atoms with E-state index in [0.29, 0.717) is 6.04 Å². The third-order valence-electron chi connectivity index (χ3n) is 4.51. The van der Waals surface area contributed by atoms with Gasteiger partial charge in [0.1, 0.15) is 0 Å². The quantitative estimate of drug-likeness (QED) is 0.791. The number of nitrogens with zero attached hydrogens (tertiary/aromatic N) is 2. The molecule has 2 aromatic rings. The molecule has 3 rings (SSSR count). The minimum absolute atomic E-state index is 0.522. The summed E-state index contributed by atoms with van der Waals surface area (Å²) in [5, 5.41) is 0. The molecule has 2 heterocycles. The van der Waals surface area contributed by atoms with Crippen molar-refractivity contribution in [2.75, 3.05) is 19.3 Å². The smallest absolute Gasteiger partial charge is 0.0702 e. The molecule has 0 N–H and O–H groups in total. The first-order valence-corrected chi connectivity index (χ1v) is 9.45. The maximum atomic E-state index is 4.60. The molecule has 1 atom stereocenters. The lowest BCUT2D eigenvalue weighted by Gasteiger charge is -2.24. The third-order valence-corrected chi connectivity index (χ3v) is 5.13. The summed E-state index contributed by atoms with van der Waals surface area (Å²) in [4.78, 5) is 7.17. The van der Waals surface area contributed by atoms with Gasteiger partial charge in [-0.05, 0) is 56.3 Å². The van der Waals surface area contributed by atoms with Gasteiger partial charge in [0.2, 0.25) is 0 Å². The second kappa shape index (κ2) is 7.30. The first-order chi connectivity index (χ1) is 10.8. The number of rotatable bonds is 5. The lowest BCUT2D eigenvalue weighted by atomic mass is 10.0. The summed E-state index contributed by atoms with van der Waals surface area (Å²) in [6.45, 7) is 4.79. The van der Waals surface area contributed by atoms with Crippen LogP contribution in [0.25, 0.3) is 11.3 Å². The molecule has 1 aliphatic heterocycles. The number of benzene rings is 1. The van der Waals surface area contributed by atoms with Crippen LogP contribution in [0.4, 0.5) is 0 Å². The minimum Gasteiger partial charge on any atom is -0.297 e. The molecule has 0 aliphatic carbocycles. The van der Waals surface area contributed by atoms with Gasteiger partial charge in [0.25, 0.3) is 0 Å². The maximum absolute atomic E-state index is 4.60. The lowest BCUT2D eigenvalue weighted by Crippen LogP contribution is -2.23. The molecule has 0 amide bonds. The van der Waals surface area contributed by atoms with Crippen LogP contribution < -0.4 is 0 Å². The van der Waals surface area contributed by atoms with Gasteiger partial charge in [0, 0.05) is 23.6 Å². The minimum atomic E-state index is 0.522. The summed E-state index contributed by atoms with van der Waals surface area (Å²) in [7, 11) is 0. The van der Waals surface area contributed by atoms with E-state index in [1.807, 2.05) is 18.0 Å². The number of hydrogen-bond acceptors (Lipinski definition) is 3. The molecule has 1 fully saturated rings. The van der Waals surface area contributed by atoms with E-state index in [2.05, 4.69) is 59.5 Å². The Balaban J connectivity index is 1.73. The lowest BCUT2D eigenvalue weighted by molar-refractivity contribution is 0.263. The van der Waals surface area contributed by atoms with Crippen LogP contribution in [0.1, 0.15) is 36.9 Å². The fourth-order valence-electron chi connectivity index (χ4n) is 3.12. The standard InChI is InChI=1S/C19H24N2S/c1-15(21-11-3-4-12-21)17-6-8-18(9-7-17)19-10-5-16(13-20-19)14-22-2/h5-10,13,15H,3-4,11-12,14H2,1-2H3. The Kier molecular flexibility index (Phi) is 5.16. The van der Waals surface area contributed by atoms with Crippen molar-refractivity contribution in [2.24, 2.45) is 0 Å². The van der Waals surface area contributed by atoms with Gasteiger partial charge in [-0.15, -0.1) is 0 Å². The van der Waals surface area contributed by atoms with Gasteiger partial charge >= 0.3 is 0 Å². The molecule has 22 heavy (non-hydrogen) atoms. The topological polar surface area (TPSA) is 16.1 Å². The van der Waals surface area contributed by atoms with Gasteiger partial charge in [-0.2, -0.15) is 11.8 Å². The Morgan fingerprint density at radius 3 is 2.41 bits per heavy atom. The van der Waals surface area contributed by atoms with Crippen molar-refractivity contribution in [1.82, 2.24) is 9.88 Å². The van der Waals surface area contributed by atoms with Crippen LogP contribution in [0.2, 0.25) is 0 Å².